The number of hydrogen-bond acceptors (Lipinski definition) is 5. The van der Waals surface area contributed by atoms with E-state index in [0.29, 0.717) is 5.75 Å². The number of rotatable bonds is 6. The van der Waals surface area contributed by atoms with Crippen molar-refractivity contribution in [3.63, 3.8) is 0 Å². The Morgan fingerprint density at radius 2 is 2.09 bits per heavy atom. The molecule has 0 heterocycles. The van der Waals surface area contributed by atoms with Gasteiger partial charge in [-0.15, -0.1) is 0 Å². The van der Waals surface area contributed by atoms with Crippen LogP contribution in [-0.2, 0) is 18.2 Å². The van der Waals surface area contributed by atoms with Crippen LogP contribution in [0.5, 0.6) is 0 Å². The molecule has 0 atom stereocenters. The molecule has 0 aliphatic rings. The van der Waals surface area contributed by atoms with E-state index in [1.165, 1.54) is 0 Å². The van der Waals surface area contributed by atoms with Gasteiger partial charge in [0.1, 0.15) is 0 Å². The molecule has 0 saturated carbocycles. The molecule has 11 heavy (non-hydrogen) atoms. The van der Waals surface area contributed by atoms with Gasteiger partial charge in [-0.25, -0.2) is 0 Å². The molecule has 0 aromatic carbocycles. The zero-order valence-electron chi connectivity index (χ0n) is 6.57. The Hall–Kier alpha value is 0.220. The van der Waals surface area contributed by atoms with Gasteiger partial charge in [-0.3, -0.25) is 4.18 Å². The summed E-state index contributed by atoms with van der Waals surface area (Å²) in [4.78, 5) is 0. The lowest BCUT2D eigenvalue weighted by Crippen LogP contribution is -2.02. The molecule has 0 unspecified atom stereocenters. The van der Waals surface area contributed by atoms with Crippen molar-refractivity contribution in [1.82, 2.24) is 0 Å². The highest BCUT2D eigenvalue weighted by atomic mass is 32.3. The molecule has 0 spiro atoms. The zero-order valence-corrected chi connectivity index (χ0v) is 8.20. The van der Waals surface area contributed by atoms with E-state index >= 15 is 0 Å². The molecule has 0 aliphatic heterocycles. The summed E-state index contributed by atoms with van der Waals surface area (Å²) in [5, 5.41) is 0. The smallest absolute Gasteiger partial charge is 0.251 e. The Labute approximate surface area is 71.8 Å². The van der Waals surface area contributed by atoms with Gasteiger partial charge in [-0.1, -0.05) is 13.3 Å². The van der Waals surface area contributed by atoms with Gasteiger partial charge in [0, 0.05) is 17.8 Å². The maximum absolute atomic E-state index is 10.5. The second kappa shape index (κ2) is 5.82. The molecule has 0 bridgehead atoms. The van der Waals surface area contributed by atoms with Gasteiger partial charge < -0.3 is 0 Å². The summed E-state index contributed by atoms with van der Waals surface area (Å²) in [5.41, 5.74) is 0. The van der Waals surface area contributed by atoms with Crippen LogP contribution in [0, 0.1) is 0 Å². The molecule has 0 amide bonds. The Morgan fingerprint density at radius 3 is 2.55 bits per heavy atom. The van der Waals surface area contributed by atoms with Crippen LogP contribution in [0.1, 0.15) is 19.8 Å². The Morgan fingerprint density at radius 1 is 1.45 bits per heavy atom. The molecule has 0 aromatic rings. The molecule has 0 aliphatic carbocycles. The molecule has 68 valence electrons. The molecule has 0 N–H and O–H groups in total. The lowest BCUT2D eigenvalue weighted by Gasteiger charge is -1.99. The fraction of sp³-hybridized carbons (Fsp3) is 1.00. The van der Waals surface area contributed by atoms with Crippen LogP contribution in [0.15, 0.2) is 0 Å². The lowest BCUT2D eigenvalue weighted by atomic mass is 10.4. The van der Waals surface area contributed by atoms with Crippen molar-refractivity contribution in [3.8, 4) is 0 Å². The van der Waals surface area contributed by atoms with Crippen molar-refractivity contribution in [2.45, 2.75) is 19.8 Å². The minimum atomic E-state index is -3.74. The first-order valence-electron chi connectivity index (χ1n) is 3.24. The minimum Gasteiger partial charge on any atom is -0.251 e. The molecular weight excluding hydrogens is 188 g/mol. The third kappa shape index (κ3) is 6.61. The highest BCUT2D eigenvalue weighted by Crippen LogP contribution is 2.10. The third-order valence-electron chi connectivity index (χ3n) is 0.917. The first-order valence-corrected chi connectivity index (χ1v) is 5.48. The molecule has 6 heteroatoms. The fourth-order valence-corrected chi connectivity index (χ4v) is 1.70. The van der Waals surface area contributed by atoms with Gasteiger partial charge >= 0.3 is 10.4 Å². The topological polar surface area (TPSA) is 52.6 Å². The Kier molecular flexibility index (Phi) is 5.93. The second-order valence-corrected chi connectivity index (χ2v) is 4.16. The summed E-state index contributed by atoms with van der Waals surface area (Å²) >= 11 is 0.896. The van der Waals surface area contributed by atoms with Crippen molar-refractivity contribution >= 4 is 22.4 Å². The van der Waals surface area contributed by atoms with Crippen LogP contribution in [0.3, 0.4) is 0 Å². The third-order valence-corrected chi connectivity index (χ3v) is 2.83. The van der Waals surface area contributed by atoms with Crippen molar-refractivity contribution < 1.29 is 16.2 Å². The average molecular weight is 200 g/mol. The minimum absolute atomic E-state index is 0.666. The SMILES string of the molecule is CCCCSOS(=O)(=O)OC. The molecule has 0 aromatic heterocycles. The highest BCUT2D eigenvalue weighted by Gasteiger charge is 2.08. The maximum atomic E-state index is 10.5. The van der Waals surface area contributed by atoms with Crippen molar-refractivity contribution in [2.75, 3.05) is 12.9 Å². The van der Waals surface area contributed by atoms with Gasteiger partial charge in [0.2, 0.25) is 0 Å². The van der Waals surface area contributed by atoms with Crippen LogP contribution >= 0.6 is 12.0 Å². The van der Waals surface area contributed by atoms with Crippen molar-refractivity contribution in [3.05, 3.63) is 0 Å². The molecular formula is C5H12O4S2. The van der Waals surface area contributed by atoms with Crippen molar-refractivity contribution in [2.24, 2.45) is 0 Å². The van der Waals surface area contributed by atoms with E-state index in [-0.39, 0.29) is 0 Å². The monoisotopic (exact) mass is 200 g/mol. The first-order chi connectivity index (χ1) is 5.12. The molecule has 4 nitrogen and oxygen atoms in total. The van der Waals surface area contributed by atoms with E-state index in [2.05, 4.69) is 7.81 Å². The van der Waals surface area contributed by atoms with Crippen LogP contribution in [-0.4, -0.2) is 21.3 Å². The van der Waals surface area contributed by atoms with E-state index in [0.717, 1.165) is 32.0 Å². The summed E-state index contributed by atoms with van der Waals surface area (Å²) < 4.78 is 29.4. The standard InChI is InChI=1S/C5H12O4S2/c1-3-4-5-10-9-11(6,7)8-2/h3-5H2,1-2H3. The number of unbranched alkanes of at least 4 members (excludes halogenated alkanes) is 1. The second-order valence-electron chi connectivity index (χ2n) is 1.82. The molecule has 0 fully saturated rings. The van der Waals surface area contributed by atoms with Crippen LogP contribution in [0.4, 0.5) is 0 Å². The summed E-state index contributed by atoms with van der Waals surface area (Å²) in [6.07, 6.45) is 1.95. The van der Waals surface area contributed by atoms with Crippen LogP contribution in [0.25, 0.3) is 0 Å². The van der Waals surface area contributed by atoms with Crippen LogP contribution in [0.2, 0.25) is 0 Å². The van der Waals surface area contributed by atoms with E-state index in [9.17, 15) is 8.42 Å². The lowest BCUT2D eigenvalue weighted by molar-refractivity contribution is 0.343. The summed E-state index contributed by atoms with van der Waals surface area (Å²) in [5.74, 6) is 0.666. The van der Waals surface area contributed by atoms with Crippen molar-refractivity contribution in [1.29, 1.82) is 0 Å². The van der Waals surface area contributed by atoms with Gasteiger partial charge in [-0.05, 0) is 6.42 Å². The highest BCUT2D eigenvalue weighted by molar-refractivity contribution is 8.02. The van der Waals surface area contributed by atoms with E-state index < -0.39 is 10.4 Å². The quantitative estimate of drug-likeness (QED) is 0.478. The predicted molar refractivity (Wildman–Crippen MR) is 44.4 cm³/mol. The fourth-order valence-electron chi connectivity index (χ4n) is 0.324. The predicted octanol–water partition coefficient (Wildman–Crippen LogP) is 1.34. The largest absolute Gasteiger partial charge is 0.410 e. The summed E-state index contributed by atoms with van der Waals surface area (Å²) in [6.45, 7) is 2.02. The van der Waals surface area contributed by atoms with Gasteiger partial charge in [0.25, 0.3) is 0 Å². The van der Waals surface area contributed by atoms with Gasteiger partial charge in [0.05, 0.1) is 7.11 Å². The normalized spacial score (nSPS) is 11.8. The summed E-state index contributed by atoms with van der Waals surface area (Å²) in [7, 11) is -2.67. The molecule has 0 radical (unpaired) electrons. The molecule has 0 saturated heterocycles. The number of hydrogen-bond donors (Lipinski definition) is 0. The Bertz CT molecular complexity index is 175. The summed E-state index contributed by atoms with van der Waals surface area (Å²) in [6, 6.07) is 0. The van der Waals surface area contributed by atoms with Crippen LogP contribution < -0.4 is 0 Å². The van der Waals surface area contributed by atoms with E-state index in [4.69, 9.17) is 0 Å². The van der Waals surface area contributed by atoms with E-state index in [1.807, 2.05) is 6.92 Å². The van der Waals surface area contributed by atoms with E-state index in [1.54, 1.807) is 0 Å². The zero-order chi connectivity index (χ0) is 8.74. The van der Waals surface area contributed by atoms with Gasteiger partial charge in [-0.2, -0.15) is 12.0 Å². The molecule has 0 rings (SSSR count). The van der Waals surface area contributed by atoms with Gasteiger partial charge in [0.15, 0.2) is 0 Å². The Balaban J connectivity index is 3.39. The first kappa shape index (κ1) is 11.2. The average Bonchev–Trinajstić information content (AvgIpc) is 1.99. The maximum Gasteiger partial charge on any atom is 0.410 e.